The second-order valence-electron chi connectivity index (χ2n) is 6.16. The highest BCUT2D eigenvalue weighted by molar-refractivity contribution is 5.96. The minimum absolute atomic E-state index is 0.175. The van der Waals surface area contributed by atoms with Gasteiger partial charge in [-0.3, -0.25) is 4.79 Å². The fraction of sp³-hybridized carbons (Fsp3) is 0.150. The number of carbonyl (C=O) groups is 2. The molecule has 4 N–H and O–H groups in total. The SMILES string of the molecule is Cc1nn(-c2ccccc2)c(C)c1C(=O)NCc1ccc(NC(N)=O)cc1. The van der Waals surface area contributed by atoms with Crippen molar-refractivity contribution >= 4 is 17.6 Å². The van der Waals surface area contributed by atoms with Crippen LogP contribution in [0.5, 0.6) is 0 Å². The van der Waals surface area contributed by atoms with Crippen molar-refractivity contribution in [1.82, 2.24) is 15.1 Å². The summed E-state index contributed by atoms with van der Waals surface area (Å²) in [6, 6.07) is 16.2. The van der Waals surface area contributed by atoms with Crippen molar-refractivity contribution < 1.29 is 9.59 Å². The van der Waals surface area contributed by atoms with E-state index < -0.39 is 6.03 Å². The molecule has 7 heteroatoms. The zero-order valence-electron chi connectivity index (χ0n) is 15.2. The van der Waals surface area contributed by atoms with Gasteiger partial charge < -0.3 is 16.4 Å². The van der Waals surface area contributed by atoms with Crippen LogP contribution in [-0.4, -0.2) is 21.7 Å². The highest BCUT2D eigenvalue weighted by Crippen LogP contribution is 2.18. The number of nitrogens with one attached hydrogen (secondary N) is 2. The quantitative estimate of drug-likeness (QED) is 0.649. The van der Waals surface area contributed by atoms with Gasteiger partial charge in [0.15, 0.2) is 0 Å². The Bertz CT molecular complexity index is 962. The molecule has 0 aliphatic rings. The van der Waals surface area contributed by atoms with Crippen molar-refractivity contribution in [2.24, 2.45) is 5.73 Å². The molecule has 0 aliphatic carbocycles. The van der Waals surface area contributed by atoms with E-state index in [-0.39, 0.29) is 5.91 Å². The van der Waals surface area contributed by atoms with Gasteiger partial charge in [-0.1, -0.05) is 30.3 Å². The van der Waals surface area contributed by atoms with Crippen LogP contribution in [0.1, 0.15) is 27.3 Å². The summed E-state index contributed by atoms with van der Waals surface area (Å²) in [5.74, 6) is -0.175. The Kier molecular flexibility index (Phi) is 5.21. The molecule has 3 aromatic rings. The van der Waals surface area contributed by atoms with Crippen LogP contribution in [0, 0.1) is 13.8 Å². The Balaban J connectivity index is 1.71. The van der Waals surface area contributed by atoms with E-state index in [9.17, 15) is 9.59 Å². The second kappa shape index (κ2) is 7.74. The number of urea groups is 1. The number of anilines is 1. The first-order valence-corrected chi connectivity index (χ1v) is 8.51. The molecule has 0 atom stereocenters. The average Bonchev–Trinajstić information content (AvgIpc) is 2.95. The van der Waals surface area contributed by atoms with Gasteiger partial charge in [0.25, 0.3) is 5.91 Å². The zero-order valence-corrected chi connectivity index (χ0v) is 15.2. The largest absolute Gasteiger partial charge is 0.351 e. The molecule has 0 saturated heterocycles. The lowest BCUT2D eigenvalue weighted by Crippen LogP contribution is -2.24. The molecule has 3 amide bonds. The van der Waals surface area contributed by atoms with Crippen LogP contribution in [0.4, 0.5) is 10.5 Å². The molecule has 0 aliphatic heterocycles. The molecule has 1 heterocycles. The molecule has 138 valence electrons. The zero-order chi connectivity index (χ0) is 19.4. The van der Waals surface area contributed by atoms with Crippen LogP contribution in [0.3, 0.4) is 0 Å². The molecule has 0 bridgehead atoms. The molecule has 2 aromatic carbocycles. The van der Waals surface area contributed by atoms with Crippen LogP contribution in [0.2, 0.25) is 0 Å². The molecule has 0 fully saturated rings. The van der Waals surface area contributed by atoms with E-state index in [0.29, 0.717) is 23.5 Å². The van der Waals surface area contributed by atoms with Gasteiger partial charge in [0, 0.05) is 12.2 Å². The number of para-hydroxylation sites is 1. The lowest BCUT2D eigenvalue weighted by Gasteiger charge is -2.08. The molecule has 0 unspecified atom stereocenters. The maximum atomic E-state index is 12.7. The monoisotopic (exact) mass is 363 g/mol. The molecule has 7 nitrogen and oxygen atoms in total. The summed E-state index contributed by atoms with van der Waals surface area (Å²) in [6.07, 6.45) is 0. The van der Waals surface area contributed by atoms with Crippen LogP contribution >= 0.6 is 0 Å². The molecule has 1 aromatic heterocycles. The third-order valence-electron chi connectivity index (χ3n) is 4.19. The maximum absolute atomic E-state index is 12.7. The van der Waals surface area contributed by atoms with Crippen LogP contribution in [0.15, 0.2) is 54.6 Å². The third-order valence-corrected chi connectivity index (χ3v) is 4.19. The van der Waals surface area contributed by atoms with Crippen LogP contribution in [-0.2, 0) is 6.54 Å². The summed E-state index contributed by atoms with van der Waals surface area (Å²) < 4.78 is 1.77. The Morgan fingerprint density at radius 1 is 1.04 bits per heavy atom. The average molecular weight is 363 g/mol. The lowest BCUT2D eigenvalue weighted by molar-refractivity contribution is 0.0949. The van der Waals surface area contributed by atoms with E-state index in [2.05, 4.69) is 15.7 Å². The molecule has 0 saturated carbocycles. The number of rotatable bonds is 5. The third kappa shape index (κ3) is 4.14. The first-order valence-electron chi connectivity index (χ1n) is 8.51. The Labute approximate surface area is 157 Å². The molecule has 0 radical (unpaired) electrons. The highest BCUT2D eigenvalue weighted by atomic mass is 16.2. The molecular weight excluding hydrogens is 342 g/mol. The maximum Gasteiger partial charge on any atom is 0.316 e. The summed E-state index contributed by atoms with van der Waals surface area (Å²) >= 11 is 0. The summed E-state index contributed by atoms with van der Waals surface area (Å²) in [5, 5.41) is 9.91. The van der Waals surface area contributed by atoms with Gasteiger partial charge in [-0.2, -0.15) is 5.10 Å². The number of carbonyl (C=O) groups excluding carboxylic acids is 2. The first-order chi connectivity index (χ1) is 13.0. The van der Waals surface area contributed by atoms with Gasteiger partial charge in [-0.05, 0) is 43.7 Å². The van der Waals surface area contributed by atoms with Gasteiger partial charge in [0.1, 0.15) is 0 Å². The molecule has 0 spiro atoms. The van der Waals surface area contributed by atoms with Crippen molar-refractivity contribution in [2.45, 2.75) is 20.4 Å². The minimum atomic E-state index is -0.613. The smallest absolute Gasteiger partial charge is 0.316 e. The number of aromatic nitrogens is 2. The Hall–Kier alpha value is -3.61. The predicted octanol–water partition coefficient (Wildman–Crippen LogP) is 2.91. The lowest BCUT2D eigenvalue weighted by atomic mass is 10.1. The topological polar surface area (TPSA) is 102 Å². The Morgan fingerprint density at radius 2 is 1.70 bits per heavy atom. The second-order valence-corrected chi connectivity index (χ2v) is 6.16. The van der Waals surface area contributed by atoms with Gasteiger partial charge in [-0.25, -0.2) is 9.48 Å². The minimum Gasteiger partial charge on any atom is -0.351 e. The van der Waals surface area contributed by atoms with E-state index in [1.165, 1.54) is 0 Å². The number of nitrogens with two attached hydrogens (primary N) is 1. The first kappa shape index (κ1) is 18.2. The van der Waals surface area contributed by atoms with Crippen molar-refractivity contribution in [2.75, 3.05) is 5.32 Å². The molecule has 27 heavy (non-hydrogen) atoms. The van der Waals surface area contributed by atoms with Crippen molar-refractivity contribution in [3.05, 3.63) is 77.1 Å². The van der Waals surface area contributed by atoms with E-state index in [4.69, 9.17) is 5.73 Å². The predicted molar refractivity (Wildman–Crippen MR) is 104 cm³/mol. The van der Waals surface area contributed by atoms with E-state index >= 15 is 0 Å². The number of aryl methyl sites for hydroxylation is 1. The van der Waals surface area contributed by atoms with E-state index in [1.54, 1.807) is 16.8 Å². The van der Waals surface area contributed by atoms with Gasteiger partial charge in [0.2, 0.25) is 0 Å². The van der Waals surface area contributed by atoms with Crippen molar-refractivity contribution in [3.63, 3.8) is 0 Å². The van der Waals surface area contributed by atoms with Crippen molar-refractivity contribution in [1.29, 1.82) is 0 Å². The van der Waals surface area contributed by atoms with E-state index in [0.717, 1.165) is 16.9 Å². The molecule has 3 rings (SSSR count). The number of hydrogen-bond donors (Lipinski definition) is 3. The molecular formula is C20H21N5O2. The van der Waals surface area contributed by atoms with Gasteiger partial charge in [-0.15, -0.1) is 0 Å². The number of amides is 3. The summed E-state index contributed by atoms with van der Waals surface area (Å²) in [5.41, 5.74) is 9.55. The normalized spacial score (nSPS) is 10.4. The summed E-state index contributed by atoms with van der Waals surface area (Å²) in [6.45, 7) is 4.07. The fourth-order valence-corrected chi connectivity index (χ4v) is 2.91. The van der Waals surface area contributed by atoms with Gasteiger partial charge in [0.05, 0.1) is 22.6 Å². The number of primary amides is 1. The number of hydrogen-bond acceptors (Lipinski definition) is 3. The number of nitrogens with zero attached hydrogens (tertiary/aromatic N) is 2. The summed E-state index contributed by atoms with van der Waals surface area (Å²) in [4.78, 5) is 23.5. The highest BCUT2D eigenvalue weighted by Gasteiger charge is 2.19. The Morgan fingerprint density at radius 3 is 2.33 bits per heavy atom. The fourth-order valence-electron chi connectivity index (χ4n) is 2.91. The van der Waals surface area contributed by atoms with Crippen molar-refractivity contribution in [3.8, 4) is 5.69 Å². The standard InChI is InChI=1S/C20H21N5O2/c1-13-18(14(2)25(24-13)17-6-4-3-5-7-17)19(26)22-12-15-8-10-16(11-9-15)23-20(21)27/h3-11H,12H2,1-2H3,(H,22,26)(H3,21,23,27). The van der Waals surface area contributed by atoms with Gasteiger partial charge >= 0.3 is 6.03 Å². The van der Waals surface area contributed by atoms with Crippen LogP contribution < -0.4 is 16.4 Å². The van der Waals surface area contributed by atoms with E-state index in [1.807, 2.05) is 56.3 Å². The summed E-state index contributed by atoms with van der Waals surface area (Å²) in [7, 11) is 0. The van der Waals surface area contributed by atoms with Crippen LogP contribution in [0.25, 0.3) is 5.69 Å². The number of benzene rings is 2.